The quantitative estimate of drug-likeness (QED) is 0.883. The van der Waals surface area contributed by atoms with E-state index in [1.54, 1.807) is 12.5 Å². The molecule has 2 amide bonds. The molecule has 0 aliphatic rings. The summed E-state index contributed by atoms with van der Waals surface area (Å²) < 4.78 is 5.00. The minimum atomic E-state index is -0.190. The van der Waals surface area contributed by atoms with Gasteiger partial charge in [0.2, 0.25) is 0 Å². The SMILES string of the molecule is Cc1ccccc1NC(=O)N[C@H](C)Cc1ccoc1. The highest BCUT2D eigenvalue weighted by Crippen LogP contribution is 2.12. The van der Waals surface area contributed by atoms with Crippen LogP contribution in [0.2, 0.25) is 0 Å². The van der Waals surface area contributed by atoms with Crippen LogP contribution in [0.4, 0.5) is 10.5 Å². The number of carbonyl (C=O) groups is 1. The zero-order chi connectivity index (χ0) is 13.7. The van der Waals surface area contributed by atoms with Gasteiger partial charge in [-0.05, 0) is 43.5 Å². The van der Waals surface area contributed by atoms with Crippen LogP contribution in [0, 0.1) is 6.92 Å². The Morgan fingerprint density at radius 2 is 2.11 bits per heavy atom. The van der Waals surface area contributed by atoms with Crippen molar-refractivity contribution in [2.45, 2.75) is 26.3 Å². The summed E-state index contributed by atoms with van der Waals surface area (Å²) in [6.45, 7) is 3.93. The zero-order valence-corrected chi connectivity index (χ0v) is 11.1. The molecule has 1 aromatic heterocycles. The van der Waals surface area contributed by atoms with Crippen molar-refractivity contribution < 1.29 is 9.21 Å². The average molecular weight is 258 g/mol. The number of furan rings is 1. The van der Waals surface area contributed by atoms with Gasteiger partial charge in [0, 0.05) is 11.7 Å². The molecule has 2 N–H and O–H groups in total. The Balaban J connectivity index is 1.86. The maximum Gasteiger partial charge on any atom is 0.319 e. The maximum absolute atomic E-state index is 11.9. The number of anilines is 1. The standard InChI is InChI=1S/C15H18N2O2/c1-11-5-3-4-6-14(11)17-15(18)16-12(2)9-13-7-8-19-10-13/h3-8,10,12H,9H2,1-2H3,(H2,16,17,18)/t12-/m1/s1. The number of urea groups is 1. The Morgan fingerprint density at radius 1 is 1.32 bits per heavy atom. The molecule has 2 rings (SSSR count). The molecule has 4 nitrogen and oxygen atoms in total. The second kappa shape index (κ2) is 6.09. The fraction of sp³-hybridized carbons (Fsp3) is 0.267. The van der Waals surface area contributed by atoms with E-state index >= 15 is 0 Å². The molecular weight excluding hydrogens is 240 g/mol. The van der Waals surface area contributed by atoms with Gasteiger partial charge in [-0.25, -0.2) is 4.79 Å². The number of benzene rings is 1. The molecule has 1 heterocycles. The Bertz CT molecular complexity index is 535. The van der Waals surface area contributed by atoms with Crippen molar-refractivity contribution in [3.05, 3.63) is 54.0 Å². The van der Waals surface area contributed by atoms with E-state index in [0.29, 0.717) is 0 Å². The molecule has 0 spiro atoms. The number of aryl methyl sites for hydroxylation is 1. The third kappa shape index (κ3) is 3.88. The molecule has 1 aromatic carbocycles. The number of hydrogen-bond acceptors (Lipinski definition) is 2. The summed E-state index contributed by atoms with van der Waals surface area (Å²) in [5.41, 5.74) is 2.94. The fourth-order valence-corrected chi connectivity index (χ4v) is 1.91. The van der Waals surface area contributed by atoms with Crippen molar-refractivity contribution in [1.82, 2.24) is 5.32 Å². The van der Waals surface area contributed by atoms with Gasteiger partial charge < -0.3 is 15.1 Å². The van der Waals surface area contributed by atoms with E-state index in [2.05, 4.69) is 10.6 Å². The van der Waals surface area contributed by atoms with Crippen LogP contribution < -0.4 is 10.6 Å². The summed E-state index contributed by atoms with van der Waals surface area (Å²) in [5.74, 6) is 0. The molecule has 0 saturated carbocycles. The van der Waals surface area contributed by atoms with Crippen molar-refractivity contribution >= 4 is 11.7 Å². The minimum Gasteiger partial charge on any atom is -0.472 e. The molecule has 0 aliphatic carbocycles. The van der Waals surface area contributed by atoms with Crippen molar-refractivity contribution in [2.75, 3.05) is 5.32 Å². The van der Waals surface area contributed by atoms with E-state index in [0.717, 1.165) is 23.2 Å². The summed E-state index contributed by atoms with van der Waals surface area (Å²) in [7, 11) is 0. The van der Waals surface area contributed by atoms with Gasteiger partial charge in [0.25, 0.3) is 0 Å². The largest absolute Gasteiger partial charge is 0.472 e. The molecule has 4 heteroatoms. The Labute approximate surface area is 112 Å². The van der Waals surface area contributed by atoms with Gasteiger partial charge in [-0.1, -0.05) is 18.2 Å². The Morgan fingerprint density at radius 3 is 2.79 bits per heavy atom. The lowest BCUT2D eigenvalue weighted by Gasteiger charge is -2.14. The molecule has 19 heavy (non-hydrogen) atoms. The van der Waals surface area contributed by atoms with Crippen molar-refractivity contribution in [3.63, 3.8) is 0 Å². The molecule has 0 radical (unpaired) electrons. The van der Waals surface area contributed by atoms with E-state index in [-0.39, 0.29) is 12.1 Å². The highest BCUT2D eigenvalue weighted by Gasteiger charge is 2.09. The first kappa shape index (κ1) is 13.2. The van der Waals surface area contributed by atoms with Gasteiger partial charge in [0.15, 0.2) is 0 Å². The van der Waals surface area contributed by atoms with Gasteiger partial charge in [-0.3, -0.25) is 0 Å². The summed E-state index contributed by atoms with van der Waals surface area (Å²) in [6, 6.07) is 9.45. The van der Waals surface area contributed by atoms with Crippen LogP contribution in [-0.2, 0) is 6.42 Å². The second-order valence-electron chi connectivity index (χ2n) is 4.65. The Kier molecular flexibility index (Phi) is 4.23. The summed E-state index contributed by atoms with van der Waals surface area (Å²) in [4.78, 5) is 11.9. The van der Waals surface area contributed by atoms with Gasteiger partial charge in [0.1, 0.15) is 0 Å². The summed E-state index contributed by atoms with van der Waals surface area (Å²) in [6.07, 6.45) is 4.07. The molecule has 2 aromatic rings. The van der Waals surface area contributed by atoms with E-state index in [4.69, 9.17) is 4.42 Å². The Hall–Kier alpha value is -2.23. The predicted molar refractivity (Wildman–Crippen MR) is 75.2 cm³/mol. The van der Waals surface area contributed by atoms with Crippen LogP contribution in [0.15, 0.2) is 47.3 Å². The number of carbonyl (C=O) groups excluding carboxylic acids is 1. The van der Waals surface area contributed by atoms with E-state index in [9.17, 15) is 4.79 Å². The number of hydrogen-bond donors (Lipinski definition) is 2. The van der Waals surface area contributed by atoms with E-state index in [1.807, 2.05) is 44.2 Å². The lowest BCUT2D eigenvalue weighted by atomic mass is 10.1. The lowest BCUT2D eigenvalue weighted by molar-refractivity contribution is 0.249. The number of nitrogens with one attached hydrogen (secondary N) is 2. The molecule has 0 unspecified atom stereocenters. The van der Waals surface area contributed by atoms with Gasteiger partial charge in [-0.15, -0.1) is 0 Å². The molecule has 0 bridgehead atoms. The molecular formula is C15H18N2O2. The summed E-state index contributed by atoms with van der Waals surface area (Å²) in [5, 5.41) is 5.75. The van der Waals surface area contributed by atoms with Crippen LogP contribution in [0.5, 0.6) is 0 Å². The van der Waals surface area contributed by atoms with Crippen molar-refractivity contribution in [2.24, 2.45) is 0 Å². The van der Waals surface area contributed by atoms with Crippen LogP contribution in [0.1, 0.15) is 18.1 Å². The number of para-hydroxylation sites is 1. The topological polar surface area (TPSA) is 54.3 Å². The first-order chi connectivity index (χ1) is 9.15. The first-order valence-corrected chi connectivity index (χ1v) is 6.29. The fourth-order valence-electron chi connectivity index (χ4n) is 1.91. The highest BCUT2D eigenvalue weighted by molar-refractivity contribution is 5.90. The molecule has 1 atom stereocenters. The van der Waals surface area contributed by atoms with Crippen LogP contribution in [-0.4, -0.2) is 12.1 Å². The molecule has 0 fully saturated rings. The smallest absolute Gasteiger partial charge is 0.319 e. The summed E-state index contributed by atoms with van der Waals surface area (Å²) >= 11 is 0. The van der Waals surface area contributed by atoms with E-state index in [1.165, 1.54) is 0 Å². The third-order valence-corrected chi connectivity index (χ3v) is 2.89. The number of rotatable bonds is 4. The zero-order valence-electron chi connectivity index (χ0n) is 11.1. The first-order valence-electron chi connectivity index (χ1n) is 6.29. The average Bonchev–Trinajstić information content (AvgIpc) is 2.84. The molecule has 0 saturated heterocycles. The number of amides is 2. The normalized spacial score (nSPS) is 11.9. The second-order valence-corrected chi connectivity index (χ2v) is 4.65. The molecule has 100 valence electrons. The minimum absolute atomic E-state index is 0.0432. The van der Waals surface area contributed by atoms with Crippen LogP contribution in [0.3, 0.4) is 0 Å². The monoisotopic (exact) mass is 258 g/mol. The van der Waals surface area contributed by atoms with Gasteiger partial charge in [0.05, 0.1) is 12.5 Å². The van der Waals surface area contributed by atoms with Crippen LogP contribution in [0.25, 0.3) is 0 Å². The van der Waals surface area contributed by atoms with E-state index < -0.39 is 0 Å². The highest BCUT2D eigenvalue weighted by atomic mass is 16.3. The van der Waals surface area contributed by atoms with Crippen LogP contribution >= 0.6 is 0 Å². The van der Waals surface area contributed by atoms with Crippen molar-refractivity contribution in [3.8, 4) is 0 Å². The maximum atomic E-state index is 11.9. The predicted octanol–water partition coefficient (Wildman–Crippen LogP) is 3.34. The third-order valence-electron chi connectivity index (χ3n) is 2.89. The lowest BCUT2D eigenvalue weighted by Crippen LogP contribution is -2.37. The van der Waals surface area contributed by atoms with Crippen molar-refractivity contribution in [1.29, 1.82) is 0 Å². The molecule has 0 aliphatic heterocycles. The van der Waals surface area contributed by atoms with Gasteiger partial charge >= 0.3 is 6.03 Å². The van der Waals surface area contributed by atoms with Gasteiger partial charge in [-0.2, -0.15) is 0 Å².